The highest BCUT2D eigenvalue weighted by Crippen LogP contribution is 2.46. The number of amides is 2. The van der Waals surface area contributed by atoms with Crippen LogP contribution >= 0.6 is 0 Å². The van der Waals surface area contributed by atoms with Crippen LogP contribution in [0.15, 0.2) is 64.2 Å². The Morgan fingerprint density at radius 3 is 2.82 bits per heavy atom. The summed E-state index contributed by atoms with van der Waals surface area (Å²) >= 11 is 0. The largest absolute Gasteiger partial charge is 0.497 e. The van der Waals surface area contributed by atoms with Crippen LogP contribution in [0.2, 0.25) is 0 Å². The number of nitrogens with zero attached hydrogens (tertiary/aromatic N) is 5. The van der Waals surface area contributed by atoms with Gasteiger partial charge in [0.15, 0.2) is 17.2 Å². The molecule has 0 fully saturated rings. The van der Waals surface area contributed by atoms with Crippen molar-refractivity contribution in [2.24, 2.45) is 4.99 Å². The Bertz CT molecular complexity index is 1700. The van der Waals surface area contributed by atoms with Crippen molar-refractivity contribution in [3.8, 4) is 23.0 Å². The van der Waals surface area contributed by atoms with Crippen LogP contribution in [0.3, 0.4) is 0 Å². The van der Waals surface area contributed by atoms with Crippen LogP contribution in [0, 0.1) is 0 Å². The Labute approximate surface area is 191 Å². The summed E-state index contributed by atoms with van der Waals surface area (Å²) in [6, 6.07) is 14.2. The second kappa shape index (κ2) is 6.41. The first-order chi connectivity index (χ1) is 16.6. The van der Waals surface area contributed by atoms with Gasteiger partial charge in [0.25, 0.3) is 0 Å². The highest BCUT2D eigenvalue weighted by Gasteiger charge is 2.55. The number of methoxy groups -OCH3 is 1. The normalized spacial score (nSPS) is 18.7. The number of urea groups is 1. The molecule has 5 aromatic rings. The topological polar surface area (TPSA) is 128 Å². The van der Waals surface area contributed by atoms with E-state index in [-0.39, 0.29) is 12.4 Å². The minimum Gasteiger partial charge on any atom is -0.497 e. The zero-order valence-corrected chi connectivity index (χ0v) is 17.8. The zero-order chi connectivity index (χ0) is 23.0. The van der Waals surface area contributed by atoms with Gasteiger partial charge in [-0.05, 0) is 30.3 Å². The number of aromatic hydroxyl groups is 1. The molecule has 0 radical (unpaired) electrons. The van der Waals surface area contributed by atoms with E-state index >= 15 is 0 Å². The van der Waals surface area contributed by atoms with Crippen LogP contribution in [0.25, 0.3) is 33.2 Å². The number of nitrogens with one attached hydrogen (secondary N) is 1. The molecule has 1 atom stereocenters. The smallest absolute Gasteiger partial charge is 0.342 e. The molecule has 0 aliphatic carbocycles. The van der Waals surface area contributed by atoms with Crippen LogP contribution in [-0.2, 0) is 12.1 Å². The number of hydrogen-bond donors (Lipinski definition) is 2. The van der Waals surface area contributed by atoms with Gasteiger partial charge in [-0.25, -0.2) is 9.78 Å². The number of ether oxygens (including phenoxy) is 1. The molecule has 2 aromatic carbocycles. The monoisotopic (exact) mass is 452 g/mol. The van der Waals surface area contributed by atoms with E-state index in [1.54, 1.807) is 36.1 Å². The average molecular weight is 452 g/mol. The number of benzene rings is 2. The van der Waals surface area contributed by atoms with Gasteiger partial charge in [-0.2, -0.15) is 4.99 Å². The summed E-state index contributed by atoms with van der Waals surface area (Å²) < 4.78 is 12.7. The number of aromatic nitrogens is 4. The van der Waals surface area contributed by atoms with Crippen molar-refractivity contribution in [1.82, 2.24) is 25.0 Å². The molecule has 3 aromatic heterocycles. The van der Waals surface area contributed by atoms with Gasteiger partial charge in [0, 0.05) is 16.8 Å². The van der Waals surface area contributed by atoms with Crippen LogP contribution in [-0.4, -0.2) is 43.7 Å². The maximum absolute atomic E-state index is 12.4. The summed E-state index contributed by atoms with van der Waals surface area (Å²) in [6.07, 6.45) is 1.63. The van der Waals surface area contributed by atoms with Crippen molar-refractivity contribution >= 4 is 33.5 Å². The van der Waals surface area contributed by atoms with Gasteiger partial charge in [-0.15, -0.1) is 0 Å². The minimum absolute atomic E-state index is 0.0646. The van der Waals surface area contributed by atoms with Crippen LogP contribution in [0.1, 0.15) is 11.5 Å². The Morgan fingerprint density at radius 2 is 1.97 bits per heavy atom. The zero-order valence-electron chi connectivity index (χ0n) is 17.8. The number of aliphatic imine (C=N–C) groups is 1. The minimum atomic E-state index is -1.09. The molecule has 0 spiro atoms. The third kappa shape index (κ3) is 2.36. The van der Waals surface area contributed by atoms with Gasteiger partial charge in [0.1, 0.15) is 22.8 Å². The van der Waals surface area contributed by atoms with E-state index in [0.717, 1.165) is 16.4 Å². The first-order valence-electron chi connectivity index (χ1n) is 10.6. The van der Waals surface area contributed by atoms with Crippen molar-refractivity contribution in [3.05, 3.63) is 66.2 Å². The predicted molar refractivity (Wildman–Crippen MR) is 122 cm³/mol. The van der Waals surface area contributed by atoms with Crippen molar-refractivity contribution in [3.63, 3.8) is 0 Å². The summed E-state index contributed by atoms with van der Waals surface area (Å²) in [4.78, 5) is 25.8. The molecule has 2 aliphatic heterocycles. The maximum atomic E-state index is 12.4. The van der Waals surface area contributed by atoms with Crippen molar-refractivity contribution in [2.75, 3.05) is 7.11 Å². The number of hydrogen-bond acceptors (Lipinski definition) is 7. The summed E-state index contributed by atoms with van der Waals surface area (Å²) in [6.45, 7) is 0.202. The van der Waals surface area contributed by atoms with Gasteiger partial charge >= 0.3 is 6.03 Å². The van der Waals surface area contributed by atoms with E-state index in [0.29, 0.717) is 39.7 Å². The first kappa shape index (κ1) is 18.8. The number of carbonyl (C=O) groups excluding carboxylic acids is 1. The molecule has 0 unspecified atom stereocenters. The molecule has 7 rings (SSSR count). The molecule has 10 heteroatoms. The van der Waals surface area contributed by atoms with E-state index in [9.17, 15) is 9.90 Å². The van der Waals surface area contributed by atoms with E-state index in [2.05, 4.69) is 25.4 Å². The molecule has 2 aliphatic rings. The molecule has 10 nitrogen and oxygen atoms in total. The fourth-order valence-corrected chi connectivity index (χ4v) is 4.86. The summed E-state index contributed by atoms with van der Waals surface area (Å²) in [5.74, 6) is 1.08. The number of carbonyl (C=O) groups is 1. The quantitative estimate of drug-likeness (QED) is 0.430. The molecule has 0 saturated carbocycles. The Morgan fingerprint density at radius 1 is 1.12 bits per heavy atom. The average Bonchev–Trinajstić information content (AvgIpc) is 3.60. The molecule has 34 heavy (non-hydrogen) atoms. The van der Waals surface area contributed by atoms with E-state index in [1.807, 2.05) is 30.3 Å². The van der Waals surface area contributed by atoms with E-state index in [4.69, 9.17) is 9.26 Å². The fraction of sp³-hybridized carbons (Fsp3) is 0.125. The molecule has 5 heterocycles. The second-order valence-corrected chi connectivity index (χ2v) is 8.29. The third-order valence-electron chi connectivity index (χ3n) is 6.45. The molecule has 2 amide bonds. The van der Waals surface area contributed by atoms with Crippen molar-refractivity contribution in [1.29, 1.82) is 0 Å². The van der Waals surface area contributed by atoms with Crippen molar-refractivity contribution in [2.45, 2.75) is 12.1 Å². The van der Waals surface area contributed by atoms with Gasteiger partial charge in [0.2, 0.25) is 0 Å². The van der Waals surface area contributed by atoms with Crippen LogP contribution < -0.4 is 10.1 Å². The van der Waals surface area contributed by atoms with Crippen LogP contribution in [0.5, 0.6) is 11.6 Å². The summed E-state index contributed by atoms with van der Waals surface area (Å²) in [7, 11) is 1.57. The van der Waals surface area contributed by atoms with Crippen molar-refractivity contribution < 1.29 is 19.2 Å². The molecule has 2 N–H and O–H groups in total. The maximum Gasteiger partial charge on any atom is 0.342 e. The van der Waals surface area contributed by atoms with Crippen LogP contribution in [0.4, 0.5) is 4.79 Å². The molecule has 0 saturated heterocycles. The Kier molecular flexibility index (Phi) is 3.55. The molecule has 166 valence electrons. The van der Waals surface area contributed by atoms with Gasteiger partial charge in [0.05, 0.1) is 36.6 Å². The standard InChI is InChI=1S/C24H16N6O4/c1-33-12-6-7-13-14(8-12)22(31)30-11-24(21(20(13)30)27-23(32)28-24)19-9-17(29-34-19)18-10-25-15-4-2-3-5-16(15)26-18/h2-10,31H,11H2,1H3,(H,28,32)/t24-/m0/s1. The number of para-hydroxylation sites is 2. The SMILES string of the molecule is COc1ccc2c3n(c(O)c2c1)C[C@@]1(c2cc(-c4cnc5ccccc5n4)no2)NC(=O)N=C31. The predicted octanol–water partition coefficient (Wildman–Crippen LogP) is 3.38. The summed E-state index contributed by atoms with van der Waals surface area (Å²) in [5.41, 5.74) is 2.58. The van der Waals surface area contributed by atoms with Gasteiger partial charge in [-0.3, -0.25) is 4.98 Å². The lowest BCUT2D eigenvalue weighted by Crippen LogP contribution is -2.44. The van der Waals surface area contributed by atoms with E-state index < -0.39 is 11.6 Å². The Balaban J connectivity index is 1.36. The third-order valence-corrected chi connectivity index (χ3v) is 6.45. The summed E-state index contributed by atoms with van der Waals surface area (Å²) in [5, 5.41) is 19.5. The first-order valence-corrected chi connectivity index (χ1v) is 10.6. The molecular formula is C24H16N6O4. The highest BCUT2D eigenvalue weighted by molar-refractivity contribution is 6.23. The lowest BCUT2D eigenvalue weighted by Gasteiger charge is -2.21. The van der Waals surface area contributed by atoms with E-state index in [1.165, 1.54) is 0 Å². The molecular weight excluding hydrogens is 436 g/mol. The highest BCUT2D eigenvalue weighted by atomic mass is 16.5. The van der Waals surface area contributed by atoms with Gasteiger partial charge < -0.3 is 24.3 Å². The van der Waals surface area contributed by atoms with Gasteiger partial charge in [-0.1, -0.05) is 17.3 Å². The Hall–Kier alpha value is -4.73. The lowest BCUT2D eigenvalue weighted by molar-refractivity contribution is 0.236. The lowest BCUT2D eigenvalue weighted by atomic mass is 9.90. The molecule has 0 bridgehead atoms. The number of fused-ring (bicyclic) bond motifs is 6. The number of rotatable bonds is 3. The second-order valence-electron chi connectivity index (χ2n) is 8.29. The fourth-order valence-electron chi connectivity index (χ4n) is 4.86.